The third-order valence-electron chi connectivity index (χ3n) is 2.99. The molecule has 5 nitrogen and oxygen atoms in total. The summed E-state index contributed by atoms with van der Waals surface area (Å²) >= 11 is 5.83. The molecule has 0 radical (unpaired) electrons. The van der Waals surface area contributed by atoms with E-state index in [1.54, 1.807) is 24.3 Å². The molecule has 2 N–H and O–H groups in total. The number of aryl methyl sites for hydroxylation is 1. The summed E-state index contributed by atoms with van der Waals surface area (Å²) in [4.78, 5) is 11.9. The fraction of sp³-hybridized carbons (Fsp3) is 0.462. The largest absolute Gasteiger partial charge is 0.452 e. The molecule has 0 bridgehead atoms. The van der Waals surface area contributed by atoms with Gasteiger partial charge in [0, 0.05) is 0 Å². The van der Waals surface area contributed by atoms with Gasteiger partial charge in [-0.1, -0.05) is 29.3 Å². The molecule has 1 fully saturated rings. The number of aliphatic hydroxyl groups is 2. The first-order chi connectivity index (χ1) is 9.02. The Morgan fingerprint density at radius 2 is 2.05 bits per heavy atom. The summed E-state index contributed by atoms with van der Waals surface area (Å²) in [5, 5.41) is 18.8. The lowest BCUT2D eigenvalue weighted by molar-refractivity contribution is -0.0174. The number of benzene rings is 1. The van der Waals surface area contributed by atoms with Crippen LogP contribution in [0.2, 0.25) is 0 Å². The van der Waals surface area contributed by atoms with Crippen LogP contribution in [0.15, 0.2) is 24.3 Å². The number of carbonyl (C=O) groups excluding carboxylic acids is 1. The first-order valence-electron chi connectivity index (χ1n) is 5.89. The number of aliphatic hydroxyl groups excluding tert-OH is 2. The summed E-state index contributed by atoms with van der Waals surface area (Å²) < 4.78 is 10.2. The van der Waals surface area contributed by atoms with Crippen molar-refractivity contribution in [1.82, 2.24) is 0 Å². The predicted octanol–water partition coefficient (Wildman–Crippen LogP) is 0.837. The number of hydrogen-bond acceptors (Lipinski definition) is 5. The molecule has 1 saturated heterocycles. The highest BCUT2D eigenvalue weighted by molar-refractivity contribution is 6.20. The molecule has 4 atom stereocenters. The van der Waals surface area contributed by atoms with Gasteiger partial charge < -0.3 is 19.7 Å². The van der Waals surface area contributed by atoms with Crippen LogP contribution in [0.5, 0.6) is 0 Å². The number of esters is 1. The van der Waals surface area contributed by atoms with Crippen LogP contribution < -0.4 is 0 Å². The zero-order valence-corrected chi connectivity index (χ0v) is 11.1. The third kappa shape index (κ3) is 3.06. The van der Waals surface area contributed by atoms with Crippen LogP contribution in [0.4, 0.5) is 0 Å². The van der Waals surface area contributed by atoms with E-state index in [2.05, 4.69) is 0 Å². The van der Waals surface area contributed by atoms with Gasteiger partial charge in [0.2, 0.25) is 0 Å². The van der Waals surface area contributed by atoms with Crippen molar-refractivity contribution in [1.29, 1.82) is 0 Å². The first kappa shape index (κ1) is 14.3. The maximum Gasteiger partial charge on any atom is 0.338 e. The Bertz CT molecular complexity index is 447. The quantitative estimate of drug-likeness (QED) is 0.636. The van der Waals surface area contributed by atoms with Gasteiger partial charge in [-0.2, -0.15) is 0 Å². The minimum atomic E-state index is -1.14. The standard InChI is InChI=1S/C13H15ClO5/c1-7-2-4-8(5-3-7)13(17)19-11-10(16)9(6-15)18-12(11)14/h2-5,9-12,15-16H,6H2,1H3/t9-,10-,11-,12+/m1/s1. The second kappa shape index (κ2) is 5.88. The van der Waals surface area contributed by atoms with Crippen molar-refractivity contribution in [2.45, 2.75) is 30.8 Å². The van der Waals surface area contributed by atoms with Gasteiger partial charge in [0.15, 0.2) is 11.7 Å². The Hall–Kier alpha value is -1.14. The van der Waals surface area contributed by atoms with E-state index in [-0.39, 0.29) is 6.61 Å². The van der Waals surface area contributed by atoms with Gasteiger partial charge in [-0.3, -0.25) is 0 Å². The molecule has 104 valence electrons. The molecule has 0 aliphatic carbocycles. The van der Waals surface area contributed by atoms with Crippen LogP contribution in [-0.4, -0.2) is 46.7 Å². The van der Waals surface area contributed by atoms with Gasteiger partial charge in [-0.05, 0) is 19.1 Å². The van der Waals surface area contributed by atoms with Crippen molar-refractivity contribution in [2.24, 2.45) is 0 Å². The molecule has 1 aromatic carbocycles. The van der Waals surface area contributed by atoms with Crippen LogP contribution in [0.25, 0.3) is 0 Å². The van der Waals surface area contributed by atoms with E-state index in [1.807, 2.05) is 6.92 Å². The highest BCUT2D eigenvalue weighted by Gasteiger charge is 2.45. The Labute approximate surface area is 115 Å². The SMILES string of the molecule is Cc1ccc(C(=O)O[C@@H]2[C@H](O)[C@@H](CO)O[C@@H]2Cl)cc1. The van der Waals surface area contributed by atoms with Crippen LogP contribution in [0.1, 0.15) is 15.9 Å². The molecule has 0 saturated carbocycles. The lowest BCUT2D eigenvalue weighted by Crippen LogP contribution is -2.36. The molecule has 0 amide bonds. The molecule has 19 heavy (non-hydrogen) atoms. The van der Waals surface area contributed by atoms with Crippen molar-refractivity contribution >= 4 is 17.6 Å². The van der Waals surface area contributed by atoms with Gasteiger partial charge in [-0.15, -0.1) is 0 Å². The zero-order chi connectivity index (χ0) is 14.0. The average molecular weight is 287 g/mol. The first-order valence-corrected chi connectivity index (χ1v) is 6.32. The highest BCUT2D eigenvalue weighted by atomic mass is 35.5. The van der Waals surface area contributed by atoms with Crippen molar-refractivity contribution in [3.8, 4) is 0 Å². The highest BCUT2D eigenvalue weighted by Crippen LogP contribution is 2.27. The zero-order valence-electron chi connectivity index (χ0n) is 10.3. The molecular formula is C13H15ClO5. The maximum absolute atomic E-state index is 11.9. The van der Waals surface area contributed by atoms with Gasteiger partial charge in [0.25, 0.3) is 0 Å². The summed E-state index contributed by atoms with van der Waals surface area (Å²) in [5.41, 5.74) is 0.423. The molecule has 1 aliphatic rings. The number of alkyl halides is 1. The molecule has 1 aliphatic heterocycles. The molecular weight excluding hydrogens is 272 g/mol. The number of carbonyl (C=O) groups is 1. The summed E-state index contributed by atoms with van der Waals surface area (Å²) in [6.45, 7) is 1.52. The van der Waals surface area contributed by atoms with Crippen LogP contribution >= 0.6 is 11.6 Å². The second-order valence-electron chi connectivity index (χ2n) is 4.43. The van der Waals surface area contributed by atoms with Crippen molar-refractivity contribution in [3.05, 3.63) is 35.4 Å². The molecule has 0 unspecified atom stereocenters. The Morgan fingerprint density at radius 1 is 1.42 bits per heavy atom. The lowest BCUT2D eigenvalue weighted by atomic mass is 10.1. The monoisotopic (exact) mass is 286 g/mol. The third-order valence-corrected chi connectivity index (χ3v) is 3.34. The molecule has 2 rings (SSSR count). The van der Waals surface area contributed by atoms with Gasteiger partial charge in [-0.25, -0.2) is 4.79 Å². The fourth-order valence-electron chi connectivity index (χ4n) is 1.85. The maximum atomic E-state index is 11.9. The Balaban J connectivity index is 2.04. The van der Waals surface area contributed by atoms with E-state index in [0.717, 1.165) is 5.56 Å². The van der Waals surface area contributed by atoms with Gasteiger partial charge in [0.1, 0.15) is 12.2 Å². The van der Waals surface area contributed by atoms with Crippen LogP contribution in [0, 0.1) is 6.92 Å². The molecule has 0 aromatic heterocycles. The van der Waals surface area contributed by atoms with Gasteiger partial charge in [0.05, 0.1) is 12.2 Å². The summed E-state index contributed by atoms with van der Waals surface area (Å²) in [7, 11) is 0. The summed E-state index contributed by atoms with van der Waals surface area (Å²) in [6, 6.07) is 6.83. The van der Waals surface area contributed by atoms with Crippen LogP contribution in [0.3, 0.4) is 0 Å². The molecule has 1 heterocycles. The molecule has 1 aromatic rings. The lowest BCUT2D eigenvalue weighted by Gasteiger charge is -2.17. The average Bonchev–Trinajstić information content (AvgIpc) is 2.67. The molecule has 6 heteroatoms. The van der Waals surface area contributed by atoms with E-state index in [4.69, 9.17) is 26.2 Å². The number of rotatable bonds is 3. The topological polar surface area (TPSA) is 76.0 Å². The molecule has 0 spiro atoms. The fourth-order valence-corrected chi connectivity index (χ4v) is 2.18. The van der Waals surface area contributed by atoms with E-state index in [9.17, 15) is 9.90 Å². The summed E-state index contributed by atoms with van der Waals surface area (Å²) in [6.07, 6.45) is -2.96. The van der Waals surface area contributed by atoms with Crippen molar-refractivity contribution < 1.29 is 24.5 Å². The second-order valence-corrected chi connectivity index (χ2v) is 4.86. The van der Waals surface area contributed by atoms with Gasteiger partial charge >= 0.3 is 5.97 Å². The number of halogens is 1. The van der Waals surface area contributed by atoms with Crippen LogP contribution in [-0.2, 0) is 9.47 Å². The van der Waals surface area contributed by atoms with Crippen molar-refractivity contribution in [3.63, 3.8) is 0 Å². The number of ether oxygens (including phenoxy) is 2. The smallest absolute Gasteiger partial charge is 0.338 e. The summed E-state index contributed by atoms with van der Waals surface area (Å²) in [5.74, 6) is -0.586. The Kier molecular flexibility index (Phi) is 4.42. The van der Waals surface area contributed by atoms with Crippen molar-refractivity contribution in [2.75, 3.05) is 6.61 Å². The normalized spacial score (nSPS) is 30.3. The Morgan fingerprint density at radius 3 is 2.58 bits per heavy atom. The minimum Gasteiger partial charge on any atom is -0.452 e. The minimum absolute atomic E-state index is 0.370. The van der Waals surface area contributed by atoms with E-state index in [0.29, 0.717) is 5.56 Å². The number of hydrogen-bond donors (Lipinski definition) is 2. The van der Waals surface area contributed by atoms with E-state index >= 15 is 0 Å². The predicted molar refractivity (Wildman–Crippen MR) is 68.0 cm³/mol. The van der Waals surface area contributed by atoms with E-state index < -0.39 is 29.8 Å². The van der Waals surface area contributed by atoms with E-state index in [1.165, 1.54) is 0 Å².